The van der Waals surface area contributed by atoms with Crippen LogP contribution in [0.5, 0.6) is 0 Å². The summed E-state index contributed by atoms with van der Waals surface area (Å²) in [6.45, 7) is 7.27. The van der Waals surface area contributed by atoms with Crippen LogP contribution >= 0.6 is 0 Å². The third-order valence-corrected chi connectivity index (χ3v) is 3.74. The maximum atomic E-state index is 13.4. The zero-order valence-corrected chi connectivity index (χ0v) is 10.8. The van der Waals surface area contributed by atoms with Crippen LogP contribution in [0.2, 0.25) is 0 Å². The van der Waals surface area contributed by atoms with Gasteiger partial charge in [0.1, 0.15) is 5.82 Å². The van der Waals surface area contributed by atoms with Crippen molar-refractivity contribution in [1.82, 2.24) is 0 Å². The Morgan fingerprint density at radius 1 is 1.29 bits per heavy atom. The van der Waals surface area contributed by atoms with Crippen LogP contribution in [0.25, 0.3) is 0 Å². The van der Waals surface area contributed by atoms with Crippen molar-refractivity contribution in [3.05, 3.63) is 23.5 Å². The average molecular weight is 236 g/mol. The largest absolute Gasteiger partial charge is 0.397 e. The lowest BCUT2D eigenvalue weighted by Gasteiger charge is -2.39. The van der Waals surface area contributed by atoms with E-state index in [-0.39, 0.29) is 5.82 Å². The molecule has 94 valence electrons. The van der Waals surface area contributed by atoms with Crippen molar-refractivity contribution in [1.29, 1.82) is 0 Å². The second kappa shape index (κ2) is 4.55. The number of benzene rings is 1. The Hall–Kier alpha value is -1.25. The van der Waals surface area contributed by atoms with Gasteiger partial charge >= 0.3 is 0 Å². The average Bonchev–Trinajstić information content (AvgIpc) is 2.27. The molecule has 1 aromatic carbocycles. The van der Waals surface area contributed by atoms with E-state index in [1.165, 1.54) is 18.9 Å². The molecule has 17 heavy (non-hydrogen) atoms. The molecule has 1 aromatic rings. The fourth-order valence-corrected chi connectivity index (χ4v) is 2.55. The maximum Gasteiger partial charge on any atom is 0.128 e. The summed E-state index contributed by atoms with van der Waals surface area (Å²) in [4.78, 5) is 2.32. The number of piperidine rings is 1. The van der Waals surface area contributed by atoms with E-state index in [0.29, 0.717) is 23.2 Å². The van der Waals surface area contributed by atoms with Crippen molar-refractivity contribution in [2.45, 2.75) is 39.7 Å². The van der Waals surface area contributed by atoms with Crippen LogP contribution in [0.1, 0.15) is 32.3 Å². The molecule has 1 heterocycles. The lowest BCUT2D eigenvalue weighted by Crippen LogP contribution is -2.41. The van der Waals surface area contributed by atoms with Crippen molar-refractivity contribution in [3.8, 4) is 0 Å². The highest BCUT2D eigenvalue weighted by molar-refractivity contribution is 5.69. The molecule has 2 atom stereocenters. The topological polar surface area (TPSA) is 29.3 Å². The monoisotopic (exact) mass is 236 g/mol. The number of hydrogen-bond donors (Lipinski definition) is 1. The Morgan fingerprint density at radius 3 is 2.71 bits per heavy atom. The molecule has 2 nitrogen and oxygen atoms in total. The van der Waals surface area contributed by atoms with Crippen molar-refractivity contribution in [2.24, 2.45) is 5.92 Å². The SMILES string of the molecule is Cc1cc(N2CC(C)CCC2C)c(N)cc1F. The van der Waals surface area contributed by atoms with Gasteiger partial charge in [0.05, 0.1) is 11.4 Å². The van der Waals surface area contributed by atoms with E-state index in [1.54, 1.807) is 6.92 Å². The summed E-state index contributed by atoms with van der Waals surface area (Å²) >= 11 is 0. The number of anilines is 2. The first-order valence-electron chi connectivity index (χ1n) is 6.31. The number of rotatable bonds is 1. The van der Waals surface area contributed by atoms with Crippen molar-refractivity contribution in [3.63, 3.8) is 0 Å². The van der Waals surface area contributed by atoms with Crippen LogP contribution < -0.4 is 10.6 Å². The van der Waals surface area contributed by atoms with Gasteiger partial charge in [-0.3, -0.25) is 0 Å². The highest BCUT2D eigenvalue weighted by atomic mass is 19.1. The first-order valence-corrected chi connectivity index (χ1v) is 6.31. The van der Waals surface area contributed by atoms with E-state index >= 15 is 0 Å². The summed E-state index contributed by atoms with van der Waals surface area (Å²) in [6, 6.07) is 3.80. The predicted octanol–water partition coefficient (Wildman–Crippen LogP) is 3.34. The quantitative estimate of drug-likeness (QED) is 0.758. The van der Waals surface area contributed by atoms with Gasteiger partial charge in [0, 0.05) is 12.6 Å². The molecule has 0 aromatic heterocycles. The molecule has 0 bridgehead atoms. The van der Waals surface area contributed by atoms with E-state index in [9.17, 15) is 4.39 Å². The molecule has 0 radical (unpaired) electrons. The van der Waals surface area contributed by atoms with Gasteiger partial charge < -0.3 is 10.6 Å². The van der Waals surface area contributed by atoms with E-state index in [0.717, 1.165) is 12.2 Å². The molecular weight excluding hydrogens is 215 g/mol. The Bertz CT molecular complexity index is 417. The smallest absolute Gasteiger partial charge is 0.128 e. The lowest BCUT2D eigenvalue weighted by molar-refractivity contribution is 0.390. The molecule has 2 N–H and O–H groups in total. The molecule has 1 aliphatic heterocycles. The predicted molar refractivity (Wildman–Crippen MR) is 70.8 cm³/mol. The maximum absolute atomic E-state index is 13.4. The second-order valence-electron chi connectivity index (χ2n) is 5.34. The molecule has 0 spiro atoms. The summed E-state index contributed by atoms with van der Waals surface area (Å²) in [5, 5.41) is 0. The zero-order valence-electron chi connectivity index (χ0n) is 10.8. The van der Waals surface area contributed by atoms with Gasteiger partial charge in [-0.1, -0.05) is 6.92 Å². The zero-order chi connectivity index (χ0) is 12.6. The number of aryl methyl sites for hydroxylation is 1. The van der Waals surface area contributed by atoms with Crippen LogP contribution in [-0.4, -0.2) is 12.6 Å². The third-order valence-electron chi connectivity index (χ3n) is 3.74. The minimum Gasteiger partial charge on any atom is -0.397 e. The Labute approximate surface area is 103 Å². The number of nitrogens with two attached hydrogens (primary N) is 1. The molecular formula is C14H21FN2. The fourth-order valence-electron chi connectivity index (χ4n) is 2.55. The van der Waals surface area contributed by atoms with Crippen LogP contribution in [0, 0.1) is 18.7 Å². The summed E-state index contributed by atoms with van der Waals surface area (Å²) < 4.78 is 13.4. The summed E-state index contributed by atoms with van der Waals surface area (Å²) in [5.74, 6) is 0.458. The molecule has 1 aliphatic rings. The molecule has 1 fully saturated rings. The van der Waals surface area contributed by atoms with Gasteiger partial charge in [-0.15, -0.1) is 0 Å². The number of hydrogen-bond acceptors (Lipinski definition) is 2. The van der Waals surface area contributed by atoms with E-state index in [4.69, 9.17) is 5.73 Å². The minimum absolute atomic E-state index is 0.219. The summed E-state index contributed by atoms with van der Waals surface area (Å²) in [5.41, 5.74) is 8.15. The highest BCUT2D eigenvalue weighted by Gasteiger charge is 2.24. The highest BCUT2D eigenvalue weighted by Crippen LogP contribution is 2.33. The van der Waals surface area contributed by atoms with Crippen molar-refractivity contribution >= 4 is 11.4 Å². The van der Waals surface area contributed by atoms with Gasteiger partial charge in [0.15, 0.2) is 0 Å². The van der Waals surface area contributed by atoms with E-state index < -0.39 is 0 Å². The Morgan fingerprint density at radius 2 is 2.00 bits per heavy atom. The first kappa shape index (κ1) is 12.2. The molecule has 1 saturated heterocycles. The van der Waals surface area contributed by atoms with Crippen molar-refractivity contribution in [2.75, 3.05) is 17.2 Å². The minimum atomic E-state index is -0.219. The molecule has 3 heteroatoms. The van der Waals surface area contributed by atoms with Crippen molar-refractivity contribution < 1.29 is 4.39 Å². The molecule has 0 aliphatic carbocycles. The van der Waals surface area contributed by atoms with Crippen LogP contribution in [0.4, 0.5) is 15.8 Å². The summed E-state index contributed by atoms with van der Waals surface area (Å²) in [6.07, 6.45) is 2.44. The van der Waals surface area contributed by atoms with Gasteiger partial charge in [-0.05, 0) is 50.3 Å². The standard InChI is InChI=1S/C14H21FN2/c1-9-4-5-11(3)17(8-9)14-6-10(2)12(15)7-13(14)16/h6-7,9,11H,4-5,8,16H2,1-3H3. The molecule has 2 unspecified atom stereocenters. The van der Waals surface area contributed by atoms with Gasteiger partial charge in [-0.25, -0.2) is 4.39 Å². The third kappa shape index (κ3) is 2.38. The number of halogens is 1. The Balaban J connectivity index is 2.35. The second-order valence-corrected chi connectivity index (χ2v) is 5.34. The molecule has 2 rings (SSSR count). The molecule has 0 amide bonds. The number of nitrogens with zero attached hydrogens (tertiary/aromatic N) is 1. The van der Waals surface area contributed by atoms with Crippen LogP contribution in [0.3, 0.4) is 0 Å². The van der Waals surface area contributed by atoms with Gasteiger partial charge in [-0.2, -0.15) is 0 Å². The van der Waals surface area contributed by atoms with Gasteiger partial charge in [0.25, 0.3) is 0 Å². The summed E-state index contributed by atoms with van der Waals surface area (Å²) in [7, 11) is 0. The fraction of sp³-hybridized carbons (Fsp3) is 0.571. The molecule has 0 saturated carbocycles. The van der Waals surface area contributed by atoms with Crippen LogP contribution in [-0.2, 0) is 0 Å². The number of nitrogen functional groups attached to an aromatic ring is 1. The lowest BCUT2D eigenvalue weighted by atomic mass is 9.94. The first-order chi connectivity index (χ1) is 7.99. The van der Waals surface area contributed by atoms with Crippen LogP contribution in [0.15, 0.2) is 12.1 Å². The normalized spacial score (nSPS) is 25.1. The van der Waals surface area contributed by atoms with Gasteiger partial charge in [0.2, 0.25) is 0 Å². The van der Waals surface area contributed by atoms with E-state index in [2.05, 4.69) is 18.7 Å². The van der Waals surface area contributed by atoms with E-state index in [1.807, 2.05) is 6.07 Å². The Kier molecular flexibility index (Phi) is 3.27.